The number of halogens is 1. The molecular formula is C8H15FN4O. The van der Waals surface area contributed by atoms with Gasteiger partial charge in [-0.3, -0.25) is 0 Å². The number of hydrogen-bond acceptors (Lipinski definition) is 4. The van der Waals surface area contributed by atoms with Crippen molar-refractivity contribution < 1.29 is 9.13 Å². The Labute approximate surface area is 82.3 Å². The second-order valence-corrected chi connectivity index (χ2v) is 2.76. The molecule has 0 aliphatic carbocycles. The van der Waals surface area contributed by atoms with Crippen LogP contribution in [0.15, 0.2) is 6.33 Å². The van der Waals surface area contributed by atoms with E-state index in [1.165, 1.54) is 6.33 Å². The summed E-state index contributed by atoms with van der Waals surface area (Å²) < 4.78 is 18.5. The fourth-order valence-corrected chi connectivity index (χ4v) is 1.07. The smallest absolute Gasteiger partial charge is 0.140 e. The van der Waals surface area contributed by atoms with Crippen LogP contribution in [0.4, 0.5) is 4.39 Å². The van der Waals surface area contributed by atoms with Crippen molar-refractivity contribution in [1.82, 2.24) is 20.1 Å². The topological polar surface area (TPSA) is 52.0 Å². The summed E-state index contributed by atoms with van der Waals surface area (Å²) in [5.74, 6) is 0.749. The highest BCUT2D eigenvalue weighted by molar-refractivity contribution is 4.83. The maximum atomic E-state index is 12.1. The average molecular weight is 202 g/mol. The Kier molecular flexibility index (Phi) is 5.09. The van der Waals surface area contributed by atoms with Crippen molar-refractivity contribution in [3.05, 3.63) is 12.2 Å². The number of aryl methyl sites for hydroxylation is 1. The van der Waals surface area contributed by atoms with Gasteiger partial charge in [0.25, 0.3) is 0 Å². The number of nitrogens with one attached hydrogen (secondary N) is 1. The molecule has 0 aliphatic heterocycles. The highest BCUT2D eigenvalue weighted by atomic mass is 19.1. The van der Waals surface area contributed by atoms with Gasteiger partial charge in [-0.25, -0.2) is 14.1 Å². The van der Waals surface area contributed by atoms with E-state index in [0.29, 0.717) is 13.2 Å². The van der Waals surface area contributed by atoms with Crippen LogP contribution in [0.2, 0.25) is 0 Å². The Morgan fingerprint density at radius 1 is 1.64 bits per heavy atom. The third kappa shape index (κ3) is 3.39. The lowest BCUT2D eigenvalue weighted by atomic mass is 10.5. The highest BCUT2D eigenvalue weighted by Crippen LogP contribution is 1.93. The van der Waals surface area contributed by atoms with Crippen molar-refractivity contribution in [1.29, 1.82) is 0 Å². The van der Waals surface area contributed by atoms with Crippen molar-refractivity contribution >= 4 is 0 Å². The second kappa shape index (κ2) is 6.44. The van der Waals surface area contributed by atoms with Gasteiger partial charge in [-0.2, -0.15) is 5.10 Å². The molecule has 1 heterocycles. The third-order valence-electron chi connectivity index (χ3n) is 1.76. The van der Waals surface area contributed by atoms with E-state index in [4.69, 9.17) is 4.74 Å². The number of rotatable bonds is 7. The van der Waals surface area contributed by atoms with Crippen molar-refractivity contribution in [2.24, 2.45) is 0 Å². The Bertz CT molecular complexity index is 253. The predicted molar refractivity (Wildman–Crippen MR) is 49.6 cm³/mol. The number of alkyl halides is 1. The van der Waals surface area contributed by atoms with Gasteiger partial charge in [-0.15, -0.1) is 0 Å². The highest BCUT2D eigenvalue weighted by Gasteiger charge is 2.02. The van der Waals surface area contributed by atoms with Crippen LogP contribution in [0.25, 0.3) is 0 Å². The van der Waals surface area contributed by atoms with E-state index in [1.807, 2.05) is 0 Å². The van der Waals surface area contributed by atoms with E-state index < -0.39 is 6.67 Å². The number of hydrogen-bond donors (Lipinski definition) is 1. The summed E-state index contributed by atoms with van der Waals surface area (Å²) in [4.78, 5) is 4.01. The number of nitrogens with zero attached hydrogens (tertiary/aromatic N) is 3. The zero-order valence-corrected chi connectivity index (χ0v) is 8.24. The normalized spacial score (nSPS) is 10.7. The first-order chi connectivity index (χ1) is 6.88. The molecule has 0 radical (unpaired) electrons. The largest absolute Gasteiger partial charge is 0.383 e. The quantitative estimate of drug-likeness (QED) is 0.631. The van der Waals surface area contributed by atoms with Gasteiger partial charge in [0.2, 0.25) is 0 Å². The van der Waals surface area contributed by atoms with E-state index in [2.05, 4.69) is 15.4 Å². The first-order valence-corrected chi connectivity index (χ1v) is 4.50. The monoisotopic (exact) mass is 202 g/mol. The molecule has 1 aromatic heterocycles. The van der Waals surface area contributed by atoms with E-state index in [0.717, 1.165) is 12.4 Å². The number of methoxy groups -OCH3 is 1. The molecule has 80 valence electrons. The number of ether oxygens (including phenoxy) is 1. The minimum absolute atomic E-state index is 0.265. The fourth-order valence-electron chi connectivity index (χ4n) is 1.07. The van der Waals surface area contributed by atoms with Gasteiger partial charge in [-0.1, -0.05) is 0 Å². The molecule has 6 heteroatoms. The Morgan fingerprint density at radius 2 is 2.50 bits per heavy atom. The fraction of sp³-hybridized carbons (Fsp3) is 0.750. The van der Waals surface area contributed by atoms with Crippen molar-refractivity contribution in [3.8, 4) is 0 Å². The van der Waals surface area contributed by atoms with E-state index in [9.17, 15) is 4.39 Å². The molecular weight excluding hydrogens is 187 g/mol. The van der Waals surface area contributed by atoms with Crippen LogP contribution < -0.4 is 5.32 Å². The van der Waals surface area contributed by atoms with Gasteiger partial charge in [0.05, 0.1) is 19.7 Å². The Morgan fingerprint density at radius 3 is 3.21 bits per heavy atom. The first-order valence-electron chi connectivity index (χ1n) is 4.50. The van der Waals surface area contributed by atoms with Gasteiger partial charge >= 0.3 is 0 Å². The van der Waals surface area contributed by atoms with Crippen molar-refractivity contribution in [2.75, 3.05) is 26.9 Å². The molecule has 1 aromatic rings. The average Bonchev–Trinajstić information content (AvgIpc) is 2.61. The van der Waals surface area contributed by atoms with Crippen LogP contribution in [0.1, 0.15) is 5.82 Å². The summed E-state index contributed by atoms with van der Waals surface area (Å²) in [6.07, 6.45) is 1.43. The van der Waals surface area contributed by atoms with Crippen LogP contribution in [0, 0.1) is 0 Å². The third-order valence-corrected chi connectivity index (χ3v) is 1.76. The minimum Gasteiger partial charge on any atom is -0.383 e. The zero-order valence-electron chi connectivity index (χ0n) is 8.24. The maximum absolute atomic E-state index is 12.1. The van der Waals surface area contributed by atoms with Crippen molar-refractivity contribution in [2.45, 2.75) is 13.1 Å². The van der Waals surface area contributed by atoms with Crippen LogP contribution in [-0.4, -0.2) is 41.7 Å². The summed E-state index contributed by atoms with van der Waals surface area (Å²) in [7, 11) is 1.65. The molecule has 14 heavy (non-hydrogen) atoms. The lowest BCUT2D eigenvalue weighted by Crippen LogP contribution is -2.21. The van der Waals surface area contributed by atoms with Crippen LogP contribution in [0.3, 0.4) is 0 Å². The van der Waals surface area contributed by atoms with Gasteiger partial charge in [-0.05, 0) is 0 Å². The molecule has 0 saturated heterocycles. The number of aromatic nitrogens is 3. The molecule has 0 spiro atoms. The Balaban J connectivity index is 2.30. The van der Waals surface area contributed by atoms with Gasteiger partial charge in [0.15, 0.2) is 0 Å². The molecule has 0 fully saturated rings. The van der Waals surface area contributed by atoms with E-state index in [1.54, 1.807) is 11.8 Å². The summed E-state index contributed by atoms with van der Waals surface area (Å²) in [6.45, 7) is 1.83. The Hall–Kier alpha value is -1.01. The molecule has 0 bridgehead atoms. The molecule has 0 atom stereocenters. The molecule has 0 saturated carbocycles. The predicted octanol–water partition coefficient (Wildman–Crippen LogP) is -0.0164. The van der Waals surface area contributed by atoms with Crippen LogP contribution in [0.5, 0.6) is 0 Å². The van der Waals surface area contributed by atoms with E-state index >= 15 is 0 Å². The lowest BCUT2D eigenvalue weighted by molar-refractivity contribution is 0.198. The molecule has 1 rings (SSSR count). The summed E-state index contributed by atoms with van der Waals surface area (Å²) in [5.41, 5.74) is 0. The molecule has 1 N–H and O–H groups in total. The second-order valence-electron chi connectivity index (χ2n) is 2.76. The lowest BCUT2D eigenvalue weighted by Gasteiger charge is -2.04. The standard InChI is InChI=1S/C8H15FN4O/c1-14-5-3-10-6-8-11-7-12-13(8)4-2-9/h7,10H,2-6H2,1H3. The summed E-state index contributed by atoms with van der Waals surface area (Å²) >= 11 is 0. The molecule has 0 aliphatic rings. The van der Waals surface area contributed by atoms with E-state index in [-0.39, 0.29) is 6.54 Å². The molecule has 5 nitrogen and oxygen atoms in total. The zero-order chi connectivity index (χ0) is 10.2. The SMILES string of the molecule is COCCNCc1ncnn1CCF. The van der Waals surface area contributed by atoms with Gasteiger partial charge < -0.3 is 10.1 Å². The molecule has 0 amide bonds. The van der Waals surface area contributed by atoms with Crippen molar-refractivity contribution in [3.63, 3.8) is 0 Å². The van der Waals surface area contributed by atoms with Crippen LogP contribution >= 0.6 is 0 Å². The summed E-state index contributed by atoms with van der Waals surface area (Å²) in [6, 6.07) is 0. The minimum atomic E-state index is -0.422. The molecule has 0 aromatic carbocycles. The van der Waals surface area contributed by atoms with Gasteiger partial charge in [0.1, 0.15) is 18.8 Å². The first kappa shape index (κ1) is 11.1. The molecule has 0 unspecified atom stereocenters. The maximum Gasteiger partial charge on any atom is 0.140 e. The van der Waals surface area contributed by atoms with Crippen LogP contribution in [-0.2, 0) is 17.8 Å². The van der Waals surface area contributed by atoms with Gasteiger partial charge in [0, 0.05) is 13.7 Å². The summed E-state index contributed by atoms with van der Waals surface area (Å²) in [5, 5.41) is 7.02.